The van der Waals surface area contributed by atoms with Gasteiger partial charge in [-0.05, 0) is 67.7 Å². The number of nitrogens with one attached hydrogen (secondary N) is 2. The van der Waals surface area contributed by atoms with Crippen molar-refractivity contribution in [2.24, 2.45) is 0 Å². The predicted octanol–water partition coefficient (Wildman–Crippen LogP) is 4.00. The van der Waals surface area contributed by atoms with Crippen molar-refractivity contribution < 1.29 is 8.42 Å². The van der Waals surface area contributed by atoms with Crippen LogP contribution in [0.3, 0.4) is 0 Å². The summed E-state index contributed by atoms with van der Waals surface area (Å²) >= 11 is 7.42. The third-order valence-corrected chi connectivity index (χ3v) is 6.59. The zero-order valence-electron chi connectivity index (χ0n) is 15.9. The maximum atomic E-state index is 11.5. The Morgan fingerprint density at radius 3 is 2.48 bits per heavy atom. The summed E-state index contributed by atoms with van der Waals surface area (Å²) in [6.07, 6.45) is 2.91. The minimum atomic E-state index is -3.32. The summed E-state index contributed by atoms with van der Waals surface area (Å²) in [6.45, 7) is 2.08. The van der Waals surface area contributed by atoms with E-state index in [1.807, 2.05) is 30.3 Å². The van der Waals surface area contributed by atoms with Crippen molar-refractivity contribution in [3.8, 4) is 0 Å². The normalized spacial score (nSPS) is 19.2. The van der Waals surface area contributed by atoms with Crippen molar-refractivity contribution in [1.82, 2.24) is 10.3 Å². The molecule has 1 aliphatic heterocycles. The lowest BCUT2D eigenvalue weighted by Crippen LogP contribution is -2.29. The number of thiocarbonyl (C=S) groups is 1. The number of anilines is 2. The molecule has 2 aromatic heterocycles. The van der Waals surface area contributed by atoms with Gasteiger partial charge in [0.1, 0.15) is 0 Å². The molecule has 2 atom stereocenters. The van der Waals surface area contributed by atoms with Gasteiger partial charge in [0.2, 0.25) is 10.0 Å². The molecule has 6 nitrogen and oxygen atoms in total. The minimum Gasteiger partial charge on any atom is -0.351 e. The van der Waals surface area contributed by atoms with Gasteiger partial charge in [-0.25, -0.2) is 8.42 Å². The van der Waals surface area contributed by atoms with Crippen LogP contribution in [0.1, 0.15) is 27.5 Å². The molecule has 3 heterocycles. The maximum Gasteiger partial charge on any atom is 0.229 e. The van der Waals surface area contributed by atoms with Crippen LogP contribution >= 0.6 is 23.6 Å². The molecule has 1 fully saturated rings. The standard InChI is InChI=1S/C20H20N4O2S3/c1-13-6-11-17(28-13)19-18(16-5-3-4-12-21-16)22-20(27)24(19)15-9-7-14(8-10-15)23-29(2,25)26/h3-12,18-19,23H,1-2H3,(H,22,27)/t18-,19+/m0/s1. The van der Waals surface area contributed by atoms with Crippen LogP contribution in [-0.2, 0) is 10.0 Å². The molecule has 0 saturated carbocycles. The first-order chi connectivity index (χ1) is 13.8. The molecule has 0 radical (unpaired) electrons. The highest BCUT2D eigenvalue weighted by Gasteiger charge is 2.41. The summed E-state index contributed by atoms with van der Waals surface area (Å²) in [6, 6.07) is 17.2. The molecule has 0 bridgehead atoms. The Hall–Kier alpha value is -2.49. The van der Waals surface area contributed by atoms with Gasteiger partial charge < -0.3 is 10.2 Å². The monoisotopic (exact) mass is 444 g/mol. The van der Waals surface area contributed by atoms with Gasteiger partial charge >= 0.3 is 0 Å². The van der Waals surface area contributed by atoms with E-state index in [9.17, 15) is 8.42 Å². The number of benzene rings is 1. The first-order valence-electron chi connectivity index (χ1n) is 8.97. The largest absolute Gasteiger partial charge is 0.351 e. The third kappa shape index (κ3) is 4.26. The number of hydrogen-bond acceptors (Lipinski definition) is 5. The van der Waals surface area contributed by atoms with Gasteiger partial charge in [-0.15, -0.1) is 11.3 Å². The highest BCUT2D eigenvalue weighted by atomic mass is 32.2. The third-order valence-electron chi connectivity index (χ3n) is 4.60. The summed E-state index contributed by atoms with van der Waals surface area (Å²) < 4.78 is 25.4. The Bertz CT molecular complexity index is 1130. The average molecular weight is 445 g/mol. The SMILES string of the molecule is Cc1ccc([C@@H]2[C@H](c3ccccn3)NC(=S)N2c2ccc(NS(C)(=O)=O)cc2)s1. The van der Waals surface area contributed by atoms with Crippen molar-refractivity contribution in [2.75, 3.05) is 15.9 Å². The van der Waals surface area contributed by atoms with Crippen LogP contribution in [0.4, 0.5) is 11.4 Å². The number of sulfonamides is 1. The number of aryl methyl sites for hydroxylation is 1. The fourth-order valence-corrected chi connectivity index (χ4v) is 5.35. The minimum absolute atomic E-state index is 0.0511. The van der Waals surface area contributed by atoms with Crippen LogP contribution < -0.4 is 14.9 Å². The van der Waals surface area contributed by atoms with Crippen LogP contribution in [0.25, 0.3) is 0 Å². The molecule has 1 saturated heterocycles. The Kier molecular flexibility index (Phi) is 5.28. The molecular formula is C20H20N4O2S3. The van der Waals surface area contributed by atoms with Crippen LogP contribution in [0.15, 0.2) is 60.8 Å². The van der Waals surface area contributed by atoms with Crippen molar-refractivity contribution in [3.63, 3.8) is 0 Å². The van der Waals surface area contributed by atoms with E-state index >= 15 is 0 Å². The first-order valence-corrected chi connectivity index (χ1v) is 12.1. The molecule has 1 aromatic carbocycles. The molecule has 0 spiro atoms. The summed E-state index contributed by atoms with van der Waals surface area (Å²) in [4.78, 5) is 9.02. The second kappa shape index (κ2) is 7.74. The number of hydrogen-bond donors (Lipinski definition) is 2. The topological polar surface area (TPSA) is 74.3 Å². The molecule has 1 aliphatic rings. The maximum absolute atomic E-state index is 11.5. The van der Waals surface area contributed by atoms with E-state index in [0.717, 1.165) is 17.6 Å². The number of nitrogens with zero attached hydrogens (tertiary/aromatic N) is 2. The number of rotatable bonds is 5. The lowest BCUT2D eigenvalue weighted by Gasteiger charge is -2.27. The molecule has 3 aromatic rings. The van der Waals surface area contributed by atoms with Crippen LogP contribution in [0.2, 0.25) is 0 Å². The smallest absolute Gasteiger partial charge is 0.229 e. The highest BCUT2D eigenvalue weighted by Crippen LogP contribution is 2.43. The molecule has 150 valence electrons. The van der Waals surface area contributed by atoms with Gasteiger partial charge in [0.05, 0.1) is 24.0 Å². The Morgan fingerprint density at radius 1 is 1.14 bits per heavy atom. The van der Waals surface area contributed by atoms with Crippen LogP contribution in [0.5, 0.6) is 0 Å². The number of aromatic nitrogens is 1. The fourth-order valence-electron chi connectivity index (χ4n) is 3.44. The van der Waals surface area contributed by atoms with Gasteiger partial charge in [-0.1, -0.05) is 6.07 Å². The summed E-state index contributed by atoms with van der Waals surface area (Å²) in [7, 11) is -3.32. The second-order valence-corrected chi connectivity index (χ2v) is 10.3. The van der Waals surface area contributed by atoms with Gasteiger partial charge in [-0.3, -0.25) is 9.71 Å². The van der Waals surface area contributed by atoms with Gasteiger partial charge in [0, 0.05) is 27.3 Å². The van der Waals surface area contributed by atoms with E-state index in [2.05, 4.69) is 39.0 Å². The van der Waals surface area contributed by atoms with E-state index in [-0.39, 0.29) is 12.1 Å². The van der Waals surface area contributed by atoms with E-state index < -0.39 is 10.0 Å². The zero-order valence-corrected chi connectivity index (χ0v) is 18.3. The molecular weight excluding hydrogens is 424 g/mol. The van der Waals surface area contributed by atoms with Crippen molar-refractivity contribution in [1.29, 1.82) is 0 Å². The van der Waals surface area contributed by atoms with Crippen molar-refractivity contribution in [2.45, 2.75) is 19.0 Å². The number of pyridine rings is 1. The van der Waals surface area contributed by atoms with Gasteiger partial charge in [0.15, 0.2) is 5.11 Å². The lowest BCUT2D eigenvalue weighted by atomic mass is 10.0. The lowest BCUT2D eigenvalue weighted by molar-refractivity contribution is 0.575. The van der Waals surface area contributed by atoms with Crippen molar-refractivity contribution in [3.05, 3.63) is 76.2 Å². The van der Waals surface area contributed by atoms with E-state index in [0.29, 0.717) is 10.8 Å². The quantitative estimate of drug-likeness (QED) is 0.580. The summed E-state index contributed by atoms with van der Waals surface area (Å²) in [5.74, 6) is 0. The van der Waals surface area contributed by atoms with Crippen molar-refractivity contribution >= 4 is 50.1 Å². The van der Waals surface area contributed by atoms with E-state index in [4.69, 9.17) is 12.2 Å². The Labute approximate surface area is 179 Å². The van der Waals surface area contributed by atoms with Crippen LogP contribution in [0, 0.1) is 6.92 Å². The molecule has 29 heavy (non-hydrogen) atoms. The molecule has 9 heteroatoms. The second-order valence-electron chi connectivity index (χ2n) is 6.87. The van der Waals surface area contributed by atoms with Gasteiger partial charge in [-0.2, -0.15) is 0 Å². The zero-order chi connectivity index (χ0) is 20.6. The molecule has 0 unspecified atom stereocenters. The Balaban J connectivity index is 1.73. The molecule has 0 aliphatic carbocycles. The van der Waals surface area contributed by atoms with E-state index in [1.54, 1.807) is 29.7 Å². The average Bonchev–Trinajstić information content (AvgIpc) is 3.25. The molecule has 4 rings (SSSR count). The highest BCUT2D eigenvalue weighted by molar-refractivity contribution is 7.92. The summed E-state index contributed by atoms with van der Waals surface area (Å²) in [5, 5.41) is 4.03. The molecule has 0 amide bonds. The van der Waals surface area contributed by atoms with Crippen LogP contribution in [-0.4, -0.2) is 24.8 Å². The predicted molar refractivity (Wildman–Crippen MR) is 122 cm³/mol. The number of thiophene rings is 1. The molecule has 2 N–H and O–H groups in total. The van der Waals surface area contributed by atoms with E-state index in [1.165, 1.54) is 9.75 Å². The summed E-state index contributed by atoms with van der Waals surface area (Å²) in [5.41, 5.74) is 2.32. The van der Waals surface area contributed by atoms with Gasteiger partial charge in [0.25, 0.3) is 0 Å². The first kappa shape index (κ1) is 19.8. The Morgan fingerprint density at radius 2 is 1.90 bits per heavy atom. The fraction of sp³-hybridized carbons (Fsp3) is 0.200.